The lowest BCUT2D eigenvalue weighted by molar-refractivity contribution is 0.185. The van der Waals surface area contributed by atoms with Crippen molar-refractivity contribution in [1.82, 2.24) is 15.2 Å². The highest BCUT2D eigenvalue weighted by atomic mass is 35.5. The molecule has 1 unspecified atom stereocenters. The number of nitrogens with zero attached hydrogens (tertiary/aromatic N) is 2. The van der Waals surface area contributed by atoms with E-state index in [2.05, 4.69) is 34.3 Å². The van der Waals surface area contributed by atoms with E-state index in [0.29, 0.717) is 6.04 Å². The van der Waals surface area contributed by atoms with E-state index in [0.717, 1.165) is 26.2 Å². The van der Waals surface area contributed by atoms with Crippen LogP contribution in [0.4, 0.5) is 0 Å². The molecular weight excluding hydrogens is 245 g/mol. The third-order valence-corrected chi connectivity index (χ3v) is 2.89. The van der Waals surface area contributed by atoms with E-state index in [1.165, 1.54) is 5.56 Å². The molecule has 1 aromatic heterocycles. The minimum atomic E-state index is 0. The number of aromatic nitrogens is 1. The van der Waals surface area contributed by atoms with E-state index in [1.54, 1.807) is 0 Å². The van der Waals surface area contributed by atoms with Crippen LogP contribution < -0.4 is 5.32 Å². The van der Waals surface area contributed by atoms with Crippen molar-refractivity contribution in [2.45, 2.75) is 13.0 Å². The second-order valence-corrected chi connectivity index (χ2v) is 3.74. The zero-order valence-corrected chi connectivity index (χ0v) is 11.1. The number of piperazine rings is 1. The van der Waals surface area contributed by atoms with Gasteiger partial charge in [0.15, 0.2) is 0 Å². The van der Waals surface area contributed by atoms with Crippen molar-refractivity contribution in [2.75, 3.05) is 26.2 Å². The monoisotopic (exact) mass is 263 g/mol. The van der Waals surface area contributed by atoms with E-state index < -0.39 is 0 Å². The maximum atomic E-state index is 4.04. The average Bonchev–Trinajstić information content (AvgIpc) is 2.30. The molecule has 1 saturated heterocycles. The summed E-state index contributed by atoms with van der Waals surface area (Å²) in [5.41, 5.74) is 1.36. The molecule has 1 aliphatic heterocycles. The number of rotatable bonds is 2. The molecule has 1 aromatic rings. The Morgan fingerprint density at radius 1 is 1.19 bits per heavy atom. The third kappa shape index (κ3) is 3.91. The summed E-state index contributed by atoms with van der Waals surface area (Å²) in [5.74, 6) is 0. The van der Waals surface area contributed by atoms with Gasteiger partial charge in [0.2, 0.25) is 0 Å². The lowest BCUT2D eigenvalue weighted by Gasteiger charge is -2.32. The summed E-state index contributed by atoms with van der Waals surface area (Å²) in [6, 6.07) is 4.72. The van der Waals surface area contributed by atoms with Crippen LogP contribution in [0.3, 0.4) is 0 Å². The Morgan fingerprint density at radius 2 is 1.75 bits per heavy atom. The summed E-state index contributed by atoms with van der Waals surface area (Å²) in [7, 11) is 0. The largest absolute Gasteiger partial charge is 0.314 e. The molecule has 0 spiro atoms. The van der Waals surface area contributed by atoms with Crippen LogP contribution in [-0.4, -0.2) is 36.1 Å². The van der Waals surface area contributed by atoms with Crippen molar-refractivity contribution >= 4 is 24.8 Å². The lowest BCUT2D eigenvalue weighted by atomic mass is 10.1. The van der Waals surface area contributed by atoms with Crippen LogP contribution >= 0.6 is 24.8 Å². The van der Waals surface area contributed by atoms with E-state index >= 15 is 0 Å². The fraction of sp³-hybridized carbons (Fsp3) is 0.545. The Morgan fingerprint density at radius 3 is 2.31 bits per heavy atom. The lowest BCUT2D eigenvalue weighted by Crippen LogP contribution is -2.44. The van der Waals surface area contributed by atoms with Crippen LogP contribution in [0.2, 0.25) is 0 Å². The maximum absolute atomic E-state index is 4.04. The first kappa shape index (κ1) is 15.7. The SMILES string of the molecule is CC(c1ccncc1)N1CCNCC1.Cl.Cl. The van der Waals surface area contributed by atoms with Crippen molar-refractivity contribution in [3.05, 3.63) is 30.1 Å². The second-order valence-electron chi connectivity index (χ2n) is 3.74. The summed E-state index contributed by atoms with van der Waals surface area (Å²) >= 11 is 0. The van der Waals surface area contributed by atoms with Gasteiger partial charge in [-0.25, -0.2) is 0 Å². The van der Waals surface area contributed by atoms with Crippen LogP contribution in [0.15, 0.2) is 24.5 Å². The van der Waals surface area contributed by atoms with Crippen molar-refractivity contribution in [3.63, 3.8) is 0 Å². The summed E-state index contributed by atoms with van der Waals surface area (Å²) in [6.45, 7) is 6.76. The number of halogens is 2. The Bertz CT molecular complexity index is 276. The maximum Gasteiger partial charge on any atom is 0.0322 e. The molecular formula is C11H19Cl2N3. The van der Waals surface area contributed by atoms with E-state index in [-0.39, 0.29) is 24.8 Å². The highest BCUT2D eigenvalue weighted by Crippen LogP contribution is 2.18. The van der Waals surface area contributed by atoms with Gasteiger partial charge in [-0.05, 0) is 24.6 Å². The molecule has 92 valence electrons. The molecule has 0 bridgehead atoms. The molecule has 1 atom stereocenters. The number of hydrogen-bond donors (Lipinski definition) is 1. The van der Waals surface area contributed by atoms with Gasteiger partial charge in [-0.1, -0.05) is 0 Å². The van der Waals surface area contributed by atoms with Crippen LogP contribution in [0.25, 0.3) is 0 Å². The van der Waals surface area contributed by atoms with Gasteiger partial charge in [0.05, 0.1) is 0 Å². The number of hydrogen-bond acceptors (Lipinski definition) is 3. The van der Waals surface area contributed by atoms with Gasteiger partial charge in [-0.15, -0.1) is 24.8 Å². The quantitative estimate of drug-likeness (QED) is 0.884. The third-order valence-electron chi connectivity index (χ3n) is 2.89. The summed E-state index contributed by atoms with van der Waals surface area (Å²) in [6.07, 6.45) is 3.74. The molecule has 1 aliphatic rings. The predicted molar refractivity (Wildman–Crippen MR) is 71.6 cm³/mol. The van der Waals surface area contributed by atoms with Crippen molar-refractivity contribution in [3.8, 4) is 0 Å². The van der Waals surface area contributed by atoms with Gasteiger partial charge in [0.25, 0.3) is 0 Å². The number of nitrogens with one attached hydrogen (secondary N) is 1. The second kappa shape index (κ2) is 7.85. The van der Waals surface area contributed by atoms with Crippen molar-refractivity contribution in [2.24, 2.45) is 0 Å². The summed E-state index contributed by atoms with van der Waals surface area (Å²) in [5, 5.41) is 3.37. The summed E-state index contributed by atoms with van der Waals surface area (Å²) < 4.78 is 0. The molecule has 0 amide bonds. The van der Waals surface area contributed by atoms with E-state index in [9.17, 15) is 0 Å². The molecule has 3 nitrogen and oxygen atoms in total. The molecule has 2 rings (SSSR count). The molecule has 1 N–H and O–H groups in total. The smallest absolute Gasteiger partial charge is 0.0322 e. The van der Waals surface area contributed by atoms with Crippen molar-refractivity contribution < 1.29 is 0 Å². The molecule has 2 heterocycles. The highest BCUT2D eigenvalue weighted by molar-refractivity contribution is 5.85. The Labute approximate surface area is 109 Å². The van der Waals surface area contributed by atoms with E-state index in [4.69, 9.17) is 0 Å². The first-order valence-corrected chi connectivity index (χ1v) is 5.22. The Hall–Kier alpha value is -0.350. The fourth-order valence-electron chi connectivity index (χ4n) is 1.92. The molecule has 1 fully saturated rings. The molecule has 0 saturated carbocycles. The van der Waals surface area contributed by atoms with Crippen LogP contribution in [0, 0.1) is 0 Å². The highest BCUT2D eigenvalue weighted by Gasteiger charge is 2.17. The Kier molecular flexibility index (Phi) is 7.68. The zero-order chi connectivity index (χ0) is 9.80. The minimum Gasteiger partial charge on any atom is -0.314 e. The Balaban J connectivity index is 0.00000112. The fourth-order valence-corrected chi connectivity index (χ4v) is 1.92. The van der Waals surface area contributed by atoms with E-state index in [1.807, 2.05) is 12.4 Å². The van der Waals surface area contributed by atoms with Crippen LogP contribution in [0.5, 0.6) is 0 Å². The number of pyridine rings is 1. The zero-order valence-electron chi connectivity index (χ0n) is 9.43. The van der Waals surface area contributed by atoms with Crippen LogP contribution in [-0.2, 0) is 0 Å². The minimum absolute atomic E-state index is 0. The van der Waals surface area contributed by atoms with Crippen LogP contribution in [0.1, 0.15) is 18.5 Å². The van der Waals surface area contributed by atoms with Gasteiger partial charge in [0.1, 0.15) is 0 Å². The predicted octanol–water partition coefficient (Wildman–Crippen LogP) is 1.89. The van der Waals surface area contributed by atoms with Gasteiger partial charge in [-0.2, -0.15) is 0 Å². The molecule has 5 heteroatoms. The molecule has 16 heavy (non-hydrogen) atoms. The van der Waals surface area contributed by atoms with Gasteiger partial charge in [0, 0.05) is 44.6 Å². The molecule has 0 radical (unpaired) electrons. The normalized spacial score (nSPS) is 18.1. The first-order chi connectivity index (χ1) is 6.88. The molecule has 0 aliphatic carbocycles. The molecule has 0 aromatic carbocycles. The standard InChI is InChI=1S/C11H17N3.2ClH/c1-10(11-2-4-12-5-3-11)14-8-6-13-7-9-14;;/h2-5,10,13H,6-9H2,1H3;2*1H. The topological polar surface area (TPSA) is 28.2 Å². The average molecular weight is 264 g/mol. The van der Waals surface area contributed by atoms with Gasteiger partial charge >= 0.3 is 0 Å². The van der Waals surface area contributed by atoms with Gasteiger partial charge in [-0.3, -0.25) is 9.88 Å². The van der Waals surface area contributed by atoms with Gasteiger partial charge < -0.3 is 5.32 Å². The first-order valence-electron chi connectivity index (χ1n) is 5.22. The van der Waals surface area contributed by atoms with Crippen molar-refractivity contribution in [1.29, 1.82) is 0 Å². The summed E-state index contributed by atoms with van der Waals surface area (Å²) in [4.78, 5) is 6.55.